The van der Waals surface area contributed by atoms with Gasteiger partial charge in [0.1, 0.15) is 19.3 Å². The van der Waals surface area contributed by atoms with Gasteiger partial charge < -0.3 is 33.0 Å². The van der Waals surface area contributed by atoms with E-state index < -0.39 is 25.2 Å². The standard InChI is InChI=1S/C18H18NO8P.2Na/c1-18(2,11-5-3-4-6-14(11)27-28(22,23)24)10-16(20)26-17(21)13-9-15-12(19-13)7-8-25-15;;/h3-9,19H,10H2,1-2H3,(H2,22,23,24);;/q;2*+1/p-2. The topological polar surface area (TPSA) is 145 Å². The van der Waals surface area contributed by atoms with Crippen LogP contribution in [0.4, 0.5) is 0 Å². The summed E-state index contributed by atoms with van der Waals surface area (Å²) in [6.07, 6.45) is 1.18. The summed E-state index contributed by atoms with van der Waals surface area (Å²) < 4.78 is 25.4. The van der Waals surface area contributed by atoms with E-state index in [0.29, 0.717) is 16.7 Å². The molecular formula is C18H16NNa2O8P. The van der Waals surface area contributed by atoms with E-state index in [1.165, 1.54) is 30.5 Å². The molecule has 0 aliphatic carbocycles. The van der Waals surface area contributed by atoms with Gasteiger partial charge in [-0.2, -0.15) is 0 Å². The van der Waals surface area contributed by atoms with E-state index in [9.17, 15) is 23.9 Å². The average Bonchev–Trinajstić information content (AvgIpc) is 3.14. The largest absolute Gasteiger partial charge is 1.00 e. The minimum atomic E-state index is -5.27. The smallest absolute Gasteiger partial charge is 0.780 e. The minimum Gasteiger partial charge on any atom is -0.780 e. The van der Waals surface area contributed by atoms with E-state index >= 15 is 0 Å². The number of phosphoric acid groups is 1. The summed E-state index contributed by atoms with van der Waals surface area (Å²) in [4.78, 5) is 49.1. The number of rotatable bonds is 6. The van der Waals surface area contributed by atoms with Crippen molar-refractivity contribution in [1.29, 1.82) is 0 Å². The van der Waals surface area contributed by atoms with Crippen LogP contribution in [0.15, 0.2) is 47.1 Å². The van der Waals surface area contributed by atoms with Crippen molar-refractivity contribution in [3.63, 3.8) is 0 Å². The normalized spacial score (nSPS) is 11.3. The summed E-state index contributed by atoms with van der Waals surface area (Å²) in [6.45, 7) is 3.26. The summed E-state index contributed by atoms with van der Waals surface area (Å²) in [7, 11) is -5.27. The molecule has 0 saturated heterocycles. The second-order valence-electron chi connectivity index (χ2n) is 6.74. The Morgan fingerprint density at radius 3 is 2.47 bits per heavy atom. The molecule has 148 valence electrons. The van der Waals surface area contributed by atoms with Crippen LogP contribution in [0, 0.1) is 0 Å². The van der Waals surface area contributed by atoms with Crippen molar-refractivity contribution in [2.75, 3.05) is 0 Å². The Kier molecular flexibility index (Phi) is 9.63. The van der Waals surface area contributed by atoms with Crippen LogP contribution in [0.25, 0.3) is 11.1 Å². The first-order valence-electron chi connectivity index (χ1n) is 8.17. The molecule has 0 spiro atoms. The number of esters is 2. The summed E-state index contributed by atoms with van der Waals surface area (Å²) in [5, 5.41) is 0. The second-order valence-corrected chi connectivity index (χ2v) is 7.82. The molecule has 2 heterocycles. The third-order valence-electron chi connectivity index (χ3n) is 4.08. The molecule has 0 fully saturated rings. The monoisotopic (exact) mass is 451 g/mol. The van der Waals surface area contributed by atoms with Crippen LogP contribution >= 0.6 is 7.82 Å². The van der Waals surface area contributed by atoms with Crippen molar-refractivity contribution >= 4 is 30.9 Å². The van der Waals surface area contributed by atoms with Crippen LogP contribution in [-0.2, 0) is 19.5 Å². The van der Waals surface area contributed by atoms with E-state index in [-0.39, 0.29) is 77.0 Å². The summed E-state index contributed by atoms with van der Waals surface area (Å²) in [6, 6.07) is 8.98. The molecule has 3 rings (SSSR count). The van der Waals surface area contributed by atoms with Crippen LogP contribution < -0.4 is 73.4 Å². The van der Waals surface area contributed by atoms with Gasteiger partial charge in [0, 0.05) is 23.1 Å². The Morgan fingerprint density at radius 2 is 1.83 bits per heavy atom. The maximum absolute atomic E-state index is 12.3. The predicted molar refractivity (Wildman–Crippen MR) is 93.3 cm³/mol. The molecule has 0 aliphatic rings. The van der Waals surface area contributed by atoms with Gasteiger partial charge >= 0.3 is 71.1 Å². The number of hydrogen-bond acceptors (Lipinski definition) is 8. The number of carbonyl (C=O) groups is 2. The number of para-hydroxylation sites is 1. The third kappa shape index (κ3) is 6.82. The van der Waals surface area contributed by atoms with Crippen molar-refractivity contribution < 1.29 is 96.7 Å². The number of hydrogen-bond donors (Lipinski definition) is 1. The number of nitrogens with one attached hydrogen (secondary N) is 1. The molecule has 0 bridgehead atoms. The molecular weight excluding hydrogens is 435 g/mol. The number of fused-ring (bicyclic) bond motifs is 1. The van der Waals surface area contributed by atoms with Gasteiger partial charge in [0.15, 0.2) is 5.58 Å². The van der Waals surface area contributed by atoms with Crippen LogP contribution in [0.2, 0.25) is 0 Å². The molecule has 2 aromatic heterocycles. The minimum absolute atomic E-state index is 0. The molecule has 1 aromatic carbocycles. The van der Waals surface area contributed by atoms with Crippen molar-refractivity contribution in [3.8, 4) is 5.75 Å². The molecule has 30 heavy (non-hydrogen) atoms. The van der Waals surface area contributed by atoms with Crippen molar-refractivity contribution in [2.45, 2.75) is 25.7 Å². The van der Waals surface area contributed by atoms with Crippen LogP contribution in [0.3, 0.4) is 0 Å². The van der Waals surface area contributed by atoms with Crippen molar-refractivity contribution in [2.24, 2.45) is 0 Å². The number of ether oxygens (including phenoxy) is 1. The van der Waals surface area contributed by atoms with Gasteiger partial charge in [-0.3, -0.25) is 4.79 Å². The fourth-order valence-electron chi connectivity index (χ4n) is 2.83. The molecule has 0 aliphatic heterocycles. The van der Waals surface area contributed by atoms with E-state index in [1.54, 1.807) is 26.0 Å². The maximum atomic E-state index is 12.3. The molecule has 0 unspecified atom stereocenters. The number of phosphoric ester groups is 1. The number of benzene rings is 1. The quantitative estimate of drug-likeness (QED) is 0.173. The zero-order chi connectivity index (χ0) is 20.5. The van der Waals surface area contributed by atoms with Gasteiger partial charge in [-0.05, 0) is 6.07 Å². The Balaban J connectivity index is 0.00000225. The predicted octanol–water partition coefficient (Wildman–Crippen LogP) is -3.97. The zero-order valence-electron chi connectivity index (χ0n) is 17.0. The average molecular weight is 451 g/mol. The summed E-state index contributed by atoms with van der Waals surface area (Å²) in [5.41, 5.74) is 0.425. The molecule has 0 atom stereocenters. The Morgan fingerprint density at radius 1 is 1.17 bits per heavy atom. The SMILES string of the molecule is CC(C)(CC(=O)OC(=O)c1cc2occc2[nH]1)c1ccccc1OP(=O)([O-])[O-].[Na+].[Na+]. The van der Waals surface area contributed by atoms with E-state index in [0.717, 1.165) is 0 Å². The number of aromatic amines is 1. The third-order valence-corrected chi connectivity index (χ3v) is 4.50. The van der Waals surface area contributed by atoms with Crippen molar-refractivity contribution in [3.05, 3.63) is 53.9 Å². The summed E-state index contributed by atoms with van der Waals surface area (Å²) in [5.74, 6) is -1.88. The van der Waals surface area contributed by atoms with E-state index in [2.05, 4.69) is 9.51 Å². The second kappa shape index (κ2) is 10.6. The summed E-state index contributed by atoms with van der Waals surface area (Å²) >= 11 is 0. The first-order chi connectivity index (χ1) is 13.0. The molecule has 0 saturated carbocycles. The molecule has 12 heteroatoms. The van der Waals surface area contributed by atoms with Gasteiger partial charge in [-0.25, -0.2) is 4.79 Å². The molecule has 0 radical (unpaired) electrons. The van der Waals surface area contributed by atoms with Crippen LogP contribution in [-0.4, -0.2) is 16.9 Å². The fraction of sp³-hybridized carbons (Fsp3) is 0.222. The number of furan rings is 1. The van der Waals surface area contributed by atoms with Crippen LogP contribution in [0.1, 0.15) is 36.3 Å². The van der Waals surface area contributed by atoms with Gasteiger partial charge in [0.25, 0.3) is 0 Å². The zero-order valence-corrected chi connectivity index (χ0v) is 21.9. The number of H-pyrrole nitrogens is 1. The van der Waals surface area contributed by atoms with E-state index in [4.69, 9.17) is 9.15 Å². The first kappa shape index (κ1) is 27.2. The van der Waals surface area contributed by atoms with Gasteiger partial charge in [0.05, 0.1) is 18.2 Å². The van der Waals surface area contributed by atoms with Crippen molar-refractivity contribution in [1.82, 2.24) is 4.98 Å². The first-order valence-corrected chi connectivity index (χ1v) is 9.64. The molecule has 1 N–H and O–H groups in total. The fourth-order valence-corrected chi connectivity index (χ4v) is 3.23. The molecule has 0 amide bonds. The van der Waals surface area contributed by atoms with Gasteiger partial charge in [-0.1, -0.05) is 32.0 Å². The van der Waals surface area contributed by atoms with Gasteiger partial charge in [-0.15, -0.1) is 0 Å². The maximum Gasteiger partial charge on any atom is 1.00 e. The van der Waals surface area contributed by atoms with Crippen LogP contribution in [0.5, 0.6) is 5.75 Å². The molecule has 3 aromatic rings. The Bertz CT molecular complexity index is 1060. The van der Waals surface area contributed by atoms with E-state index in [1.807, 2.05) is 0 Å². The van der Waals surface area contributed by atoms with Gasteiger partial charge in [0.2, 0.25) is 0 Å². The Labute approximate surface area is 216 Å². The molecule has 9 nitrogen and oxygen atoms in total. The number of aromatic nitrogens is 1. The number of carbonyl (C=O) groups excluding carboxylic acids is 2. The Hall–Kier alpha value is -0.870.